The van der Waals surface area contributed by atoms with Gasteiger partial charge in [-0.2, -0.15) is 0 Å². The first-order valence-electron chi connectivity index (χ1n) is 6.58. The summed E-state index contributed by atoms with van der Waals surface area (Å²) in [5, 5.41) is 5.76. The van der Waals surface area contributed by atoms with Gasteiger partial charge in [0.05, 0.1) is 23.1 Å². The molecule has 0 saturated carbocycles. The molecule has 1 unspecified atom stereocenters. The summed E-state index contributed by atoms with van der Waals surface area (Å²) < 4.78 is 28.0. The Balaban J connectivity index is 1.65. The second-order valence-corrected chi connectivity index (χ2v) is 7.42. The SMILES string of the molecule is O=C(NCCOc1ccccc1Cl)NC1CCS(=O)(=O)C1. The van der Waals surface area contributed by atoms with Crippen LogP contribution in [0.4, 0.5) is 4.79 Å². The van der Waals surface area contributed by atoms with Gasteiger partial charge in [0.2, 0.25) is 0 Å². The van der Waals surface area contributed by atoms with E-state index in [0.717, 1.165) is 0 Å². The molecule has 1 fully saturated rings. The molecule has 0 aliphatic carbocycles. The lowest BCUT2D eigenvalue weighted by molar-refractivity contribution is 0.233. The first-order chi connectivity index (χ1) is 9.96. The van der Waals surface area contributed by atoms with Gasteiger partial charge in [0, 0.05) is 6.04 Å². The average Bonchev–Trinajstić information content (AvgIpc) is 2.76. The molecule has 0 radical (unpaired) electrons. The number of ether oxygens (including phenoxy) is 1. The van der Waals surface area contributed by atoms with Gasteiger partial charge in [-0.25, -0.2) is 13.2 Å². The second kappa shape index (κ2) is 7.00. The minimum atomic E-state index is -2.99. The fourth-order valence-electron chi connectivity index (χ4n) is 2.03. The van der Waals surface area contributed by atoms with Gasteiger partial charge in [-0.3, -0.25) is 0 Å². The lowest BCUT2D eigenvalue weighted by Crippen LogP contribution is -2.43. The van der Waals surface area contributed by atoms with E-state index in [1.54, 1.807) is 18.2 Å². The molecule has 0 bridgehead atoms. The van der Waals surface area contributed by atoms with Crippen molar-refractivity contribution in [3.05, 3.63) is 29.3 Å². The third-order valence-electron chi connectivity index (χ3n) is 3.05. The molecule has 1 aromatic rings. The van der Waals surface area contributed by atoms with Crippen molar-refractivity contribution in [2.45, 2.75) is 12.5 Å². The number of carbonyl (C=O) groups excluding carboxylic acids is 1. The van der Waals surface area contributed by atoms with E-state index in [2.05, 4.69) is 10.6 Å². The summed E-state index contributed by atoms with van der Waals surface area (Å²) in [6.07, 6.45) is 0.464. The van der Waals surface area contributed by atoms with E-state index in [4.69, 9.17) is 16.3 Å². The molecule has 8 heteroatoms. The molecule has 0 aromatic heterocycles. The molecule has 116 valence electrons. The number of urea groups is 1. The summed E-state index contributed by atoms with van der Waals surface area (Å²) in [6.45, 7) is 0.580. The standard InChI is InChI=1S/C13H17ClN2O4S/c14-11-3-1-2-4-12(11)20-7-6-15-13(17)16-10-5-8-21(18,19)9-10/h1-4,10H,5-9H2,(H2,15,16,17). The summed E-state index contributed by atoms with van der Waals surface area (Å²) in [5.74, 6) is 0.702. The Labute approximate surface area is 128 Å². The molecule has 0 spiro atoms. The fourth-order valence-corrected chi connectivity index (χ4v) is 3.90. The number of nitrogens with one attached hydrogen (secondary N) is 2. The summed E-state index contributed by atoms with van der Waals surface area (Å²) in [7, 11) is -2.99. The minimum absolute atomic E-state index is 0.0105. The third kappa shape index (κ3) is 5.09. The number of sulfone groups is 1. The van der Waals surface area contributed by atoms with Crippen LogP contribution in [0.25, 0.3) is 0 Å². The summed E-state index contributed by atoms with van der Waals surface area (Å²) in [5.41, 5.74) is 0. The fraction of sp³-hybridized carbons (Fsp3) is 0.462. The first-order valence-corrected chi connectivity index (χ1v) is 8.78. The number of hydrogen-bond acceptors (Lipinski definition) is 4. The molecule has 2 N–H and O–H groups in total. The largest absolute Gasteiger partial charge is 0.490 e. The lowest BCUT2D eigenvalue weighted by Gasteiger charge is -2.12. The van der Waals surface area contributed by atoms with E-state index < -0.39 is 9.84 Å². The molecule has 1 heterocycles. The van der Waals surface area contributed by atoms with Crippen molar-refractivity contribution in [3.63, 3.8) is 0 Å². The van der Waals surface area contributed by atoms with Crippen LogP contribution in [-0.4, -0.2) is 45.1 Å². The molecule has 1 aromatic carbocycles. The van der Waals surface area contributed by atoms with Gasteiger partial charge >= 0.3 is 6.03 Å². The second-order valence-electron chi connectivity index (χ2n) is 4.78. The van der Waals surface area contributed by atoms with E-state index in [1.807, 2.05) is 6.07 Å². The maximum Gasteiger partial charge on any atom is 0.315 e. The molecule has 1 aliphatic heterocycles. The van der Waals surface area contributed by atoms with Crippen molar-refractivity contribution >= 4 is 27.5 Å². The number of amides is 2. The molecular formula is C13H17ClN2O4S. The molecule has 6 nitrogen and oxygen atoms in total. The number of rotatable bonds is 5. The molecule has 1 atom stereocenters. The van der Waals surface area contributed by atoms with Gasteiger partial charge in [0.15, 0.2) is 9.84 Å². The molecule has 2 rings (SSSR count). The zero-order valence-corrected chi connectivity index (χ0v) is 12.9. The maximum absolute atomic E-state index is 11.6. The van der Waals surface area contributed by atoms with Crippen LogP contribution in [0.5, 0.6) is 5.75 Å². The van der Waals surface area contributed by atoms with E-state index in [-0.39, 0.29) is 30.2 Å². The zero-order chi connectivity index (χ0) is 15.3. The van der Waals surface area contributed by atoms with Crippen LogP contribution >= 0.6 is 11.6 Å². The van der Waals surface area contributed by atoms with Gasteiger partial charge in [-0.1, -0.05) is 23.7 Å². The topological polar surface area (TPSA) is 84.5 Å². The smallest absolute Gasteiger partial charge is 0.315 e. The highest BCUT2D eigenvalue weighted by Gasteiger charge is 2.28. The molecule has 21 heavy (non-hydrogen) atoms. The van der Waals surface area contributed by atoms with E-state index in [1.165, 1.54) is 0 Å². The maximum atomic E-state index is 11.6. The van der Waals surface area contributed by atoms with Crippen LogP contribution in [0.2, 0.25) is 5.02 Å². The van der Waals surface area contributed by atoms with E-state index in [9.17, 15) is 13.2 Å². The van der Waals surface area contributed by atoms with Crippen molar-refractivity contribution < 1.29 is 17.9 Å². The summed E-state index contributed by atoms with van der Waals surface area (Å²) >= 11 is 5.92. The Bertz CT molecular complexity index is 606. The zero-order valence-electron chi connectivity index (χ0n) is 11.3. The molecule has 1 saturated heterocycles. The molecular weight excluding hydrogens is 316 g/mol. The normalized spacial score (nSPS) is 20.0. The first kappa shape index (κ1) is 15.9. The Morgan fingerprint density at radius 3 is 2.81 bits per heavy atom. The minimum Gasteiger partial charge on any atom is -0.490 e. The van der Waals surface area contributed by atoms with Gasteiger partial charge in [0.1, 0.15) is 12.4 Å². The number of halogens is 1. The van der Waals surface area contributed by atoms with Crippen molar-refractivity contribution in [1.82, 2.24) is 10.6 Å². The predicted octanol–water partition coefficient (Wildman–Crippen LogP) is 1.21. The van der Waals surface area contributed by atoms with Crippen molar-refractivity contribution in [2.24, 2.45) is 0 Å². The molecule has 1 aliphatic rings. The highest BCUT2D eigenvalue weighted by Crippen LogP contribution is 2.22. The summed E-state index contributed by atoms with van der Waals surface area (Å²) in [4.78, 5) is 11.6. The van der Waals surface area contributed by atoms with Gasteiger partial charge in [-0.05, 0) is 18.6 Å². The monoisotopic (exact) mass is 332 g/mol. The summed E-state index contributed by atoms with van der Waals surface area (Å²) in [6, 6.07) is 6.38. The highest BCUT2D eigenvalue weighted by atomic mass is 35.5. The number of hydrogen-bond donors (Lipinski definition) is 2. The van der Waals surface area contributed by atoms with Crippen LogP contribution in [0.3, 0.4) is 0 Å². The van der Waals surface area contributed by atoms with Gasteiger partial charge in [-0.15, -0.1) is 0 Å². The van der Waals surface area contributed by atoms with Crippen LogP contribution < -0.4 is 15.4 Å². The Morgan fingerprint density at radius 1 is 1.38 bits per heavy atom. The Morgan fingerprint density at radius 2 is 2.14 bits per heavy atom. The van der Waals surface area contributed by atoms with E-state index in [0.29, 0.717) is 23.7 Å². The third-order valence-corrected chi connectivity index (χ3v) is 5.13. The van der Waals surface area contributed by atoms with Crippen LogP contribution in [0.15, 0.2) is 24.3 Å². The Kier molecular flexibility index (Phi) is 5.30. The van der Waals surface area contributed by atoms with Crippen molar-refractivity contribution in [3.8, 4) is 5.75 Å². The highest BCUT2D eigenvalue weighted by molar-refractivity contribution is 7.91. The van der Waals surface area contributed by atoms with Crippen LogP contribution in [-0.2, 0) is 9.84 Å². The van der Waals surface area contributed by atoms with Gasteiger partial charge < -0.3 is 15.4 Å². The van der Waals surface area contributed by atoms with Crippen LogP contribution in [0, 0.1) is 0 Å². The Hall–Kier alpha value is -1.47. The number of para-hydroxylation sites is 1. The quantitative estimate of drug-likeness (QED) is 0.794. The number of benzene rings is 1. The van der Waals surface area contributed by atoms with Crippen molar-refractivity contribution in [2.75, 3.05) is 24.7 Å². The predicted molar refractivity (Wildman–Crippen MR) is 80.5 cm³/mol. The van der Waals surface area contributed by atoms with Gasteiger partial charge in [0.25, 0.3) is 0 Å². The van der Waals surface area contributed by atoms with Crippen LogP contribution in [0.1, 0.15) is 6.42 Å². The average molecular weight is 333 g/mol. The lowest BCUT2D eigenvalue weighted by atomic mass is 10.3. The molecule has 2 amide bonds. The number of carbonyl (C=O) groups is 1. The van der Waals surface area contributed by atoms with Crippen molar-refractivity contribution in [1.29, 1.82) is 0 Å². The van der Waals surface area contributed by atoms with E-state index >= 15 is 0 Å².